The largest absolute Gasteiger partial charge is 0.509 e. The van der Waals surface area contributed by atoms with E-state index < -0.39 is 12.4 Å². The molecular formula is C15H15BF3O-. The third-order valence-corrected chi connectivity index (χ3v) is 2.92. The number of rotatable bonds is 4. The minimum absolute atomic E-state index is 0.237. The van der Waals surface area contributed by atoms with Crippen molar-refractivity contribution in [3.05, 3.63) is 59.2 Å². The smallest absolute Gasteiger partial charge is 0.489 e. The maximum atomic E-state index is 12.6. The van der Waals surface area contributed by atoms with Gasteiger partial charge in [-0.3, -0.25) is 0 Å². The van der Waals surface area contributed by atoms with Gasteiger partial charge in [0.25, 0.3) is 0 Å². The van der Waals surface area contributed by atoms with Crippen LogP contribution in [0.4, 0.5) is 12.9 Å². The van der Waals surface area contributed by atoms with Gasteiger partial charge in [0.15, 0.2) is 0 Å². The Morgan fingerprint density at radius 2 is 1.60 bits per heavy atom. The fourth-order valence-corrected chi connectivity index (χ4v) is 2.13. The summed E-state index contributed by atoms with van der Waals surface area (Å²) in [5.41, 5.74) is 2.53. The third-order valence-electron chi connectivity index (χ3n) is 2.92. The van der Waals surface area contributed by atoms with E-state index in [2.05, 4.69) is 0 Å². The molecule has 0 N–H and O–H groups in total. The van der Waals surface area contributed by atoms with Gasteiger partial charge in [0.1, 0.15) is 12.4 Å². The molecule has 106 valence electrons. The topological polar surface area (TPSA) is 9.23 Å². The highest BCUT2D eigenvalue weighted by molar-refractivity contribution is 6.73. The third kappa shape index (κ3) is 3.79. The minimum atomic E-state index is -4.99. The van der Waals surface area contributed by atoms with Crippen molar-refractivity contribution in [2.24, 2.45) is 0 Å². The van der Waals surface area contributed by atoms with Gasteiger partial charge in [0.05, 0.1) is 0 Å². The lowest BCUT2D eigenvalue weighted by Gasteiger charge is -2.16. The average Bonchev–Trinajstić information content (AvgIpc) is 2.35. The molecule has 0 spiro atoms. The average molecular weight is 279 g/mol. The molecule has 0 aromatic heterocycles. The highest BCUT2D eigenvalue weighted by Gasteiger charge is 2.25. The van der Waals surface area contributed by atoms with Crippen LogP contribution in [0.3, 0.4) is 0 Å². The number of aryl methyl sites for hydroxylation is 2. The first kappa shape index (κ1) is 14.5. The molecule has 0 aliphatic rings. The van der Waals surface area contributed by atoms with Crippen LogP contribution in [-0.2, 0) is 6.61 Å². The van der Waals surface area contributed by atoms with Crippen LogP contribution in [0.5, 0.6) is 5.75 Å². The Hall–Kier alpha value is -1.91. The van der Waals surface area contributed by atoms with Crippen LogP contribution in [0.2, 0.25) is 0 Å². The van der Waals surface area contributed by atoms with E-state index in [4.69, 9.17) is 4.74 Å². The molecule has 0 atom stereocenters. The second kappa shape index (κ2) is 5.61. The first-order valence-corrected chi connectivity index (χ1v) is 6.34. The van der Waals surface area contributed by atoms with Crippen LogP contribution < -0.4 is 10.2 Å². The van der Waals surface area contributed by atoms with E-state index in [9.17, 15) is 12.9 Å². The molecule has 20 heavy (non-hydrogen) atoms. The molecule has 2 rings (SSSR count). The summed E-state index contributed by atoms with van der Waals surface area (Å²) >= 11 is 0. The van der Waals surface area contributed by atoms with E-state index in [1.54, 1.807) is 0 Å². The van der Waals surface area contributed by atoms with E-state index >= 15 is 0 Å². The molecule has 2 aromatic rings. The van der Waals surface area contributed by atoms with Crippen molar-refractivity contribution in [1.82, 2.24) is 0 Å². The van der Waals surface area contributed by atoms with Gasteiger partial charge in [-0.25, -0.2) is 0 Å². The van der Waals surface area contributed by atoms with Crippen LogP contribution >= 0.6 is 0 Å². The second-order valence-corrected chi connectivity index (χ2v) is 4.93. The fourth-order valence-electron chi connectivity index (χ4n) is 2.13. The van der Waals surface area contributed by atoms with E-state index in [1.165, 1.54) is 12.1 Å². The molecule has 0 bridgehead atoms. The molecule has 0 aliphatic carbocycles. The zero-order valence-corrected chi connectivity index (χ0v) is 11.4. The number of ether oxygens (including phenoxy) is 1. The highest BCUT2D eigenvalue weighted by atomic mass is 19.4. The van der Waals surface area contributed by atoms with Gasteiger partial charge in [0.2, 0.25) is 0 Å². The first-order valence-electron chi connectivity index (χ1n) is 6.34. The number of hydrogen-bond acceptors (Lipinski definition) is 1. The predicted molar refractivity (Wildman–Crippen MR) is 75.4 cm³/mol. The Morgan fingerprint density at radius 1 is 0.950 bits per heavy atom. The molecule has 0 saturated heterocycles. The maximum Gasteiger partial charge on any atom is 0.509 e. The predicted octanol–water partition coefficient (Wildman–Crippen LogP) is 3.94. The highest BCUT2D eigenvalue weighted by Crippen LogP contribution is 2.16. The summed E-state index contributed by atoms with van der Waals surface area (Å²) in [4.78, 5) is 0. The summed E-state index contributed by atoms with van der Waals surface area (Å²) < 4.78 is 43.4. The number of benzene rings is 2. The van der Waals surface area contributed by atoms with Crippen molar-refractivity contribution < 1.29 is 17.7 Å². The summed E-state index contributed by atoms with van der Waals surface area (Å²) in [7, 11) is 0. The molecule has 1 nitrogen and oxygen atoms in total. The van der Waals surface area contributed by atoms with Gasteiger partial charge in [-0.15, -0.1) is 5.46 Å². The van der Waals surface area contributed by atoms with Crippen LogP contribution in [-0.4, -0.2) is 6.98 Å². The SMILES string of the molecule is Cc1cc(C)cc(COc2cccc([B-](F)(F)F)c2)c1. The van der Waals surface area contributed by atoms with Gasteiger partial charge in [0, 0.05) is 0 Å². The Bertz CT molecular complexity index is 588. The number of halogens is 3. The lowest BCUT2D eigenvalue weighted by atomic mass is 9.80. The molecule has 0 fully saturated rings. The Morgan fingerprint density at radius 3 is 2.20 bits per heavy atom. The van der Waals surface area contributed by atoms with E-state index in [-0.39, 0.29) is 12.4 Å². The Balaban J connectivity index is 2.11. The van der Waals surface area contributed by atoms with Crippen molar-refractivity contribution >= 4 is 12.4 Å². The van der Waals surface area contributed by atoms with Crippen LogP contribution in [0.15, 0.2) is 42.5 Å². The summed E-state index contributed by atoms with van der Waals surface area (Å²) in [6.07, 6.45) is 0. The van der Waals surface area contributed by atoms with E-state index in [0.29, 0.717) is 0 Å². The first-order chi connectivity index (χ1) is 9.34. The molecule has 0 amide bonds. The Kier molecular flexibility index (Phi) is 4.07. The van der Waals surface area contributed by atoms with Crippen molar-refractivity contribution in [3.8, 4) is 5.75 Å². The van der Waals surface area contributed by atoms with Crippen molar-refractivity contribution in [1.29, 1.82) is 0 Å². The summed E-state index contributed by atoms with van der Waals surface area (Å²) in [5, 5.41) is 0. The molecule has 2 aromatic carbocycles. The van der Waals surface area contributed by atoms with Gasteiger partial charge < -0.3 is 17.7 Å². The normalized spacial score (nSPS) is 11.4. The van der Waals surface area contributed by atoms with E-state index in [1.807, 2.05) is 32.0 Å². The molecular weight excluding hydrogens is 264 g/mol. The van der Waals surface area contributed by atoms with Crippen LogP contribution in [0.1, 0.15) is 16.7 Å². The molecule has 5 heteroatoms. The van der Waals surface area contributed by atoms with Crippen molar-refractivity contribution in [3.63, 3.8) is 0 Å². The zero-order valence-electron chi connectivity index (χ0n) is 11.4. The van der Waals surface area contributed by atoms with Gasteiger partial charge >= 0.3 is 6.98 Å². The maximum absolute atomic E-state index is 12.6. The van der Waals surface area contributed by atoms with Crippen molar-refractivity contribution in [2.75, 3.05) is 0 Å². The van der Waals surface area contributed by atoms with Crippen LogP contribution in [0.25, 0.3) is 0 Å². The summed E-state index contributed by atoms with van der Waals surface area (Å²) in [6, 6.07) is 11.0. The zero-order chi connectivity index (χ0) is 14.8. The second-order valence-electron chi connectivity index (χ2n) is 4.93. The van der Waals surface area contributed by atoms with Gasteiger partial charge in [-0.2, -0.15) is 0 Å². The fraction of sp³-hybridized carbons (Fsp3) is 0.200. The lowest BCUT2D eigenvalue weighted by Crippen LogP contribution is -2.33. The summed E-state index contributed by atoms with van der Waals surface area (Å²) in [5.74, 6) is 0.237. The molecule has 0 unspecified atom stereocenters. The van der Waals surface area contributed by atoms with Crippen molar-refractivity contribution in [2.45, 2.75) is 20.5 Å². The minimum Gasteiger partial charge on any atom is -0.489 e. The molecule has 0 heterocycles. The van der Waals surface area contributed by atoms with Crippen LogP contribution in [0, 0.1) is 13.8 Å². The number of hydrogen-bond donors (Lipinski definition) is 0. The van der Waals surface area contributed by atoms with Gasteiger partial charge in [-0.1, -0.05) is 41.5 Å². The standard InChI is InChI=1S/C15H15BF3O/c1-11-6-12(2)8-13(7-11)10-20-15-5-3-4-14(9-15)16(17,18)19/h3-9H,10H2,1-2H3/q-1. The monoisotopic (exact) mass is 279 g/mol. The molecule has 0 aliphatic heterocycles. The van der Waals surface area contributed by atoms with Gasteiger partial charge in [-0.05, 0) is 31.5 Å². The lowest BCUT2D eigenvalue weighted by molar-refractivity contribution is 0.306. The van der Waals surface area contributed by atoms with E-state index in [0.717, 1.165) is 28.8 Å². The quantitative estimate of drug-likeness (QED) is 0.770. The summed E-state index contributed by atoms with van der Waals surface area (Å²) in [6.45, 7) is -0.777. The Labute approximate surface area is 116 Å². The molecule has 0 radical (unpaired) electrons. The molecule has 0 saturated carbocycles.